The van der Waals surface area contributed by atoms with Crippen LogP contribution in [0, 0.1) is 0 Å². The highest BCUT2D eigenvalue weighted by atomic mass is 35.5. The fraction of sp³-hybridized carbons (Fsp3) is 0.111. The number of nitrogens with one attached hydrogen (secondary N) is 1. The van der Waals surface area contributed by atoms with E-state index in [2.05, 4.69) is 20.8 Å². The summed E-state index contributed by atoms with van der Waals surface area (Å²) in [6.45, 7) is 1.85. The van der Waals surface area contributed by atoms with Crippen LogP contribution in [-0.2, 0) is 0 Å². The summed E-state index contributed by atoms with van der Waals surface area (Å²) in [5.74, 6) is 0.392. The number of benzene rings is 2. The Morgan fingerprint density at radius 1 is 1.12 bits per heavy atom. The summed E-state index contributed by atoms with van der Waals surface area (Å²) in [7, 11) is 0. The van der Waals surface area contributed by atoms with Crippen molar-refractivity contribution < 1.29 is 4.79 Å². The van der Waals surface area contributed by atoms with Gasteiger partial charge in [0.15, 0.2) is 5.78 Å². The monoisotopic (exact) mass is 351 g/mol. The van der Waals surface area contributed by atoms with Crippen LogP contribution in [0.3, 0.4) is 0 Å². The van der Waals surface area contributed by atoms with Crippen LogP contribution in [0.5, 0.6) is 0 Å². The van der Waals surface area contributed by atoms with Gasteiger partial charge in [0.1, 0.15) is 6.04 Å². The quantitative estimate of drug-likeness (QED) is 0.731. The summed E-state index contributed by atoms with van der Waals surface area (Å²) < 4.78 is 1.59. The molecule has 1 N–H and O–H groups in total. The molecule has 1 aliphatic rings. The predicted octanol–water partition coefficient (Wildman–Crippen LogP) is 3.50. The van der Waals surface area contributed by atoms with E-state index >= 15 is 0 Å². The minimum atomic E-state index is -0.493. The lowest BCUT2D eigenvalue weighted by Crippen LogP contribution is -2.29. The summed E-state index contributed by atoms with van der Waals surface area (Å²) >= 11 is 6.42. The standard InChI is InChI=1S/C18H14ClN5O/c1-11-15(17(25)12-7-3-2-4-8-12)16(13-9-5-6-10-14(13)19)24-18(20-11)21-22-23-24/h2-10,16H,1H3,(H,20,21,23). The highest BCUT2D eigenvalue weighted by molar-refractivity contribution is 6.31. The van der Waals surface area contributed by atoms with Crippen LogP contribution in [0.2, 0.25) is 5.02 Å². The maximum atomic E-state index is 13.2. The Morgan fingerprint density at radius 3 is 2.60 bits per heavy atom. The number of carbonyl (C=O) groups is 1. The van der Waals surface area contributed by atoms with E-state index in [1.54, 1.807) is 22.9 Å². The molecule has 1 aromatic heterocycles. The minimum absolute atomic E-state index is 0.0864. The number of hydrogen-bond acceptors (Lipinski definition) is 5. The van der Waals surface area contributed by atoms with Crippen molar-refractivity contribution in [2.75, 3.05) is 5.32 Å². The highest BCUT2D eigenvalue weighted by Crippen LogP contribution is 2.38. The van der Waals surface area contributed by atoms with Gasteiger partial charge in [0, 0.05) is 27.4 Å². The Hall–Kier alpha value is -2.99. The molecule has 0 saturated heterocycles. The molecule has 1 atom stereocenters. The number of nitrogens with zero attached hydrogens (tertiary/aromatic N) is 4. The molecule has 25 heavy (non-hydrogen) atoms. The second-order valence-corrected chi connectivity index (χ2v) is 6.14. The molecule has 1 aliphatic heterocycles. The first-order valence-electron chi connectivity index (χ1n) is 7.76. The summed E-state index contributed by atoms with van der Waals surface area (Å²) in [5.41, 5.74) is 2.66. The van der Waals surface area contributed by atoms with Gasteiger partial charge in [0.05, 0.1) is 0 Å². The first kappa shape index (κ1) is 15.5. The number of rotatable bonds is 3. The van der Waals surface area contributed by atoms with Crippen molar-refractivity contribution in [3.8, 4) is 0 Å². The predicted molar refractivity (Wildman–Crippen MR) is 94.5 cm³/mol. The molecule has 0 aliphatic carbocycles. The summed E-state index contributed by atoms with van der Waals surface area (Å²) in [4.78, 5) is 13.2. The summed E-state index contributed by atoms with van der Waals surface area (Å²) in [6, 6.07) is 16.1. The lowest BCUT2D eigenvalue weighted by atomic mass is 9.90. The van der Waals surface area contributed by atoms with Gasteiger partial charge in [-0.1, -0.05) is 65.2 Å². The number of anilines is 1. The molecule has 1 unspecified atom stereocenters. The van der Waals surface area contributed by atoms with Crippen molar-refractivity contribution in [2.24, 2.45) is 0 Å². The van der Waals surface area contributed by atoms with Gasteiger partial charge in [-0.3, -0.25) is 4.79 Å². The molecule has 2 heterocycles. The lowest BCUT2D eigenvalue weighted by Gasteiger charge is -2.28. The molecule has 124 valence electrons. The van der Waals surface area contributed by atoms with Crippen LogP contribution >= 0.6 is 11.6 Å². The molecule has 0 radical (unpaired) electrons. The van der Waals surface area contributed by atoms with Crippen molar-refractivity contribution in [1.82, 2.24) is 20.2 Å². The van der Waals surface area contributed by atoms with Gasteiger partial charge in [-0.25, -0.2) is 0 Å². The van der Waals surface area contributed by atoms with E-state index in [4.69, 9.17) is 11.6 Å². The maximum Gasteiger partial charge on any atom is 0.248 e. The first-order chi connectivity index (χ1) is 12.2. The van der Waals surface area contributed by atoms with Crippen molar-refractivity contribution >= 4 is 23.3 Å². The summed E-state index contributed by atoms with van der Waals surface area (Å²) in [5, 5.41) is 15.4. The highest BCUT2D eigenvalue weighted by Gasteiger charge is 2.35. The van der Waals surface area contributed by atoms with Crippen molar-refractivity contribution in [1.29, 1.82) is 0 Å². The molecule has 6 nitrogen and oxygen atoms in total. The second-order valence-electron chi connectivity index (χ2n) is 5.73. The first-order valence-corrected chi connectivity index (χ1v) is 8.14. The number of ketones is 1. The van der Waals surface area contributed by atoms with Crippen molar-refractivity contribution in [3.05, 3.63) is 82.0 Å². The molecular weight excluding hydrogens is 338 g/mol. The second kappa shape index (κ2) is 6.14. The van der Waals surface area contributed by atoms with Gasteiger partial charge in [-0.05, 0) is 23.4 Å². The average molecular weight is 352 g/mol. The number of fused-ring (bicyclic) bond motifs is 1. The molecule has 0 spiro atoms. The van der Waals surface area contributed by atoms with Gasteiger partial charge in [0.25, 0.3) is 0 Å². The van der Waals surface area contributed by atoms with Crippen LogP contribution < -0.4 is 5.32 Å². The van der Waals surface area contributed by atoms with E-state index < -0.39 is 6.04 Å². The van der Waals surface area contributed by atoms with Gasteiger partial charge >= 0.3 is 0 Å². The van der Waals surface area contributed by atoms with E-state index in [9.17, 15) is 4.79 Å². The Bertz CT molecular complexity index is 980. The van der Waals surface area contributed by atoms with E-state index in [1.807, 2.05) is 43.3 Å². The number of hydrogen-bond donors (Lipinski definition) is 1. The zero-order valence-corrected chi connectivity index (χ0v) is 14.1. The third-order valence-corrected chi connectivity index (χ3v) is 4.54. The van der Waals surface area contributed by atoms with Gasteiger partial charge < -0.3 is 5.32 Å². The summed E-state index contributed by atoms with van der Waals surface area (Å²) in [6.07, 6.45) is 0. The van der Waals surface area contributed by atoms with Gasteiger partial charge in [0.2, 0.25) is 5.95 Å². The molecule has 7 heteroatoms. The van der Waals surface area contributed by atoms with Gasteiger partial charge in [-0.15, -0.1) is 0 Å². The van der Waals surface area contributed by atoms with E-state index in [1.165, 1.54) is 0 Å². The SMILES string of the molecule is CC1=C(C(=O)c2ccccc2)C(c2ccccc2Cl)n2nnnc2N1. The smallest absolute Gasteiger partial charge is 0.248 e. The van der Waals surface area contributed by atoms with E-state index in [-0.39, 0.29) is 5.78 Å². The molecule has 2 aromatic carbocycles. The minimum Gasteiger partial charge on any atom is -0.326 e. The number of tetrazole rings is 1. The van der Waals surface area contributed by atoms with E-state index in [0.717, 1.165) is 5.56 Å². The zero-order valence-electron chi connectivity index (χ0n) is 13.3. The molecule has 0 saturated carbocycles. The number of Topliss-reactive ketones (excluding diaryl/α,β-unsaturated/α-hetero) is 1. The molecule has 0 bridgehead atoms. The molecule has 4 rings (SSSR count). The van der Waals surface area contributed by atoms with Crippen LogP contribution in [0.15, 0.2) is 65.9 Å². The van der Waals surface area contributed by atoms with Crippen LogP contribution in [0.25, 0.3) is 0 Å². The molecule has 0 amide bonds. The fourth-order valence-corrected chi connectivity index (χ4v) is 3.27. The van der Waals surface area contributed by atoms with Crippen molar-refractivity contribution in [3.63, 3.8) is 0 Å². The topological polar surface area (TPSA) is 72.7 Å². The Balaban J connectivity index is 1.91. The molecule has 0 fully saturated rings. The Kier molecular flexibility index (Phi) is 3.82. The maximum absolute atomic E-state index is 13.2. The van der Waals surface area contributed by atoms with E-state index in [0.29, 0.717) is 27.8 Å². The Labute approximate surface area is 149 Å². The van der Waals surface area contributed by atoms with Crippen LogP contribution in [0.4, 0.5) is 5.95 Å². The van der Waals surface area contributed by atoms with Crippen LogP contribution in [-0.4, -0.2) is 26.0 Å². The third-order valence-electron chi connectivity index (χ3n) is 4.19. The number of aromatic nitrogens is 4. The largest absolute Gasteiger partial charge is 0.326 e. The molecule has 3 aromatic rings. The number of halogens is 1. The Morgan fingerprint density at radius 2 is 1.84 bits per heavy atom. The third kappa shape index (κ3) is 2.60. The number of allylic oxidation sites excluding steroid dienone is 2. The van der Waals surface area contributed by atoms with Gasteiger partial charge in [-0.2, -0.15) is 4.68 Å². The average Bonchev–Trinajstić information content (AvgIpc) is 3.09. The van der Waals surface area contributed by atoms with Crippen LogP contribution in [0.1, 0.15) is 28.9 Å². The number of carbonyl (C=O) groups excluding carboxylic acids is 1. The fourth-order valence-electron chi connectivity index (χ4n) is 3.04. The normalized spacial score (nSPS) is 16.3. The zero-order chi connectivity index (χ0) is 17.4. The molecular formula is C18H14ClN5O. The lowest BCUT2D eigenvalue weighted by molar-refractivity contribution is 0.102. The van der Waals surface area contributed by atoms with Crippen molar-refractivity contribution in [2.45, 2.75) is 13.0 Å².